The lowest BCUT2D eigenvalue weighted by Gasteiger charge is -2.48. The van der Waals surface area contributed by atoms with Crippen LogP contribution in [0.4, 0.5) is 0 Å². The molecule has 2 aliphatic rings. The van der Waals surface area contributed by atoms with E-state index in [9.17, 15) is 19.5 Å². The number of fused-ring (bicyclic) bond motifs is 1. The molecule has 188 valence electrons. The molecule has 2 aromatic carbocycles. The number of hydrogen-bond acceptors (Lipinski definition) is 4. The van der Waals surface area contributed by atoms with Crippen LogP contribution in [0.1, 0.15) is 44.6 Å². The summed E-state index contributed by atoms with van der Waals surface area (Å²) in [5.74, 6) is -0.455. The van der Waals surface area contributed by atoms with Crippen LogP contribution in [-0.2, 0) is 9.59 Å². The Morgan fingerprint density at radius 2 is 1.89 bits per heavy atom. The molecule has 3 aromatic rings. The van der Waals surface area contributed by atoms with Gasteiger partial charge in [0.15, 0.2) is 6.10 Å². The number of nitrogens with zero attached hydrogens (tertiary/aromatic N) is 1. The first-order chi connectivity index (χ1) is 17.3. The number of aromatic nitrogens is 1. The summed E-state index contributed by atoms with van der Waals surface area (Å²) in [6, 6.07) is 13.4. The standard InChI is InChI=1S/C29H32N2O5/c1-18-7-3-4-9-22(18)25-16-30-26(32)24-15-21(10-11-23(24)25)36-19(2)27(33)31-14-5-8-20(17-31)29(28(34)35)12-6-13-29/h3-4,7,9-11,15-16,19-20H,5-6,8,12-14,17H2,1-2H3,(H,30,32)(H,34,35)/t19-,20-/m1/s1. The molecule has 1 saturated heterocycles. The van der Waals surface area contributed by atoms with Crippen LogP contribution in [0.3, 0.4) is 0 Å². The van der Waals surface area contributed by atoms with E-state index in [0.29, 0.717) is 37.1 Å². The number of H-pyrrole nitrogens is 1. The molecule has 1 aliphatic carbocycles. The Morgan fingerprint density at radius 1 is 1.11 bits per heavy atom. The van der Waals surface area contributed by atoms with Crippen molar-refractivity contribution >= 4 is 22.6 Å². The Bertz CT molecular complexity index is 1370. The Labute approximate surface area is 210 Å². The summed E-state index contributed by atoms with van der Waals surface area (Å²) in [6.45, 7) is 4.80. The topological polar surface area (TPSA) is 99.7 Å². The van der Waals surface area contributed by atoms with E-state index in [4.69, 9.17) is 4.74 Å². The van der Waals surface area contributed by atoms with Crippen molar-refractivity contribution in [2.45, 2.75) is 52.1 Å². The van der Waals surface area contributed by atoms with Gasteiger partial charge in [-0.25, -0.2) is 0 Å². The van der Waals surface area contributed by atoms with Crippen molar-refractivity contribution in [3.63, 3.8) is 0 Å². The van der Waals surface area contributed by atoms with Crippen molar-refractivity contribution in [2.75, 3.05) is 13.1 Å². The zero-order chi connectivity index (χ0) is 25.4. The highest BCUT2D eigenvalue weighted by Gasteiger charge is 2.51. The fourth-order valence-corrected chi connectivity index (χ4v) is 5.90. The molecule has 1 aliphatic heterocycles. The third kappa shape index (κ3) is 4.16. The van der Waals surface area contributed by atoms with E-state index in [1.54, 1.807) is 30.2 Å². The third-order valence-corrected chi connectivity index (χ3v) is 8.16. The molecule has 1 saturated carbocycles. The monoisotopic (exact) mass is 488 g/mol. The van der Waals surface area contributed by atoms with Gasteiger partial charge in [0, 0.05) is 24.8 Å². The van der Waals surface area contributed by atoms with Gasteiger partial charge in [-0.1, -0.05) is 30.7 Å². The predicted octanol–water partition coefficient (Wildman–Crippen LogP) is 4.76. The van der Waals surface area contributed by atoms with Gasteiger partial charge in [0.05, 0.1) is 10.8 Å². The van der Waals surface area contributed by atoms with Crippen LogP contribution >= 0.6 is 0 Å². The number of piperidine rings is 1. The number of aliphatic carboxylic acids is 1. The fraction of sp³-hybridized carbons (Fsp3) is 0.414. The number of aromatic amines is 1. The number of hydrogen-bond donors (Lipinski definition) is 2. The lowest BCUT2D eigenvalue weighted by atomic mass is 9.59. The van der Waals surface area contributed by atoms with Crippen molar-refractivity contribution in [3.05, 3.63) is 64.6 Å². The second-order valence-electron chi connectivity index (χ2n) is 10.3. The van der Waals surface area contributed by atoms with Gasteiger partial charge >= 0.3 is 5.97 Å². The smallest absolute Gasteiger partial charge is 0.309 e. The zero-order valence-corrected chi connectivity index (χ0v) is 20.8. The normalized spacial score (nSPS) is 19.9. The summed E-state index contributed by atoms with van der Waals surface area (Å²) >= 11 is 0. The number of carbonyl (C=O) groups is 2. The van der Waals surface area contributed by atoms with Crippen molar-refractivity contribution in [2.24, 2.45) is 11.3 Å². The molecule has 0 radical (unpaired) electrons. The number of amides is 1. The molecule has 0 spiro atoms. The summed E-state index contributed by atoms with van der Waals surface area (Å²) in [6.07, 6.45) is 4.94. The minimum atomic E-state index is -0.748. The van der Waals surface area contributed by atoms with Crippen molar-refractivity contribution in [3.8, 4) is 16.9 Å². The number of likely N-dealkylation sites (tertiary alicyclic amines) is 1. The van der Waals surface area contributed by atoms with E-state index < -0.39 is 17.5 Å². The van der Waals surface area contributed by atoms with E-state index in [1.165, 1.54) is 0 Å². The van der Waals surface area contributed by atoms with Gasteiger partial charge in [-0.15, -0.1) is 0 Å². The van der Waals surface area contributed by atoms with Gasteiger partial charge in [-0.3, -0.25) is 14.4 Å². The molecule has 7 heteroatoms. The van der Waals surface area contributed by atoms with E-state index >= 15 is 0 Å². The maximum Gasteiger partial charge on any atom is 0.309 e. The second kappa shape index (κ2) is 9.45. The number of pyridine rings is 1. The number of ether oxygens (including phenoxy) is 1. The van der Waals surface area contributed by atoms with Crippen molar-refractivity contribution in [1.82, 2.24) is 9.88 Å². The van der Waals surface area contributed by atoms with Gasteiger partial charge in [0.1, 0.15) is 5.75 Å². The number of carbonyl (C=O) groups excluding carboxylic acids is 1. The molecular formula is C29H32N2O5. The lowest BCUT2D eigenvalue weighted by Crippen LogP contribution is -2.53. The maximum atomic E-state index is 13.2. The van der Waals surface area contributed by atoms with Crippen LogP contribution in [-0.4, -0.2) is 46.1 Å². The molecule has 1 amide bonds. The summed E-state index contributed by atoms with van der Waals surface area (Å²) in [5, 5.41) is 11.1. The van der Waals surface area contributed by atoms with E-state index in [-0.39, 0.29) is 17.4 Å². The van der Waals surface area contributed by atoms with Crippen LogP contribution in [0.2, 0.25) is 0 Å². The van der Waals surface area contributed by atoms with Crippen LogP contribution in [0.5, 0.6) is 5.75 Å². The fourth-order valence-electron chi connectivity index (χ4n) is 5.90. The van der Waals surface area contributed by atoms with Gasteiger partial charge in [0.25, 0.3) is 11.5 Å². The summed E-state index contributed by atoms with van der Waals surface area (Å²) in [4.78, 5) is 42.4. The first kappa shape index (κ1) is 24.1. The summed E-state index contributed by atoms with van der Waals surface area (Å²) in [7, 11) is 0. The van der Waals surface area contributed by atoms with E-state index in [1.807, 2.05) is 37.3 Å². The quantitative estimate of drug-likeness (QED) is 0.521. The largest absolute Gasteiger partial charge is 0.481 e. The van der Waals surface area contributed by atoms with Crippen LogP contribution < -0.4 is 10.3 Å². The third-order valence-electron chi connectivity index (χ3n) is 8.16. The minimum Gasteiger partial charge on any atom is -0.481 e. The molecule has 2 fully saturated rings. The molecule has 2 heterocycles. The number of aryl methyl sites for hydroxylation is 1. The van der Waals surface area contributed by atoms with Gasteiger partial charge in [-0.2, -0.15) is 0 Å². The molecule has 0 bridgehead atoms. The molecule has 2 atom stereocenters. The van der Waals surface area contributed by atoms with E-state index in [2.05, 4.69) is 4.98 Å². The average molecular weight is 489 g/mol. The Hall–Kier alpha value is -3.61. The molecule has 0 unspecified atom stereocenters. The molecule has 36 heavy (non-hydrogen) atoms. The summed E-state index contributed by atoms with van der Waals surface area (Å²) < 4.78 is 6.01. The molecule has 5 rings (SSSR count). The lowest BCUT2D eigenvalue weighted by molar-refractivity contribution is -0.164. The van der Waals surface area contributed by atoms with Gasteiger partial charge in [0.2, 0.25) is 0 Å². The molecule has 2 N–H and O–H groups in total. The number of rotatable bonds is 6. The van der Waals surface area contributed by atoms with Crippen molar-refractivity contribution in [1.29, 1.82) is 0 Å². The minimum absolute atomic E-state index is 0.0206. The van der Waals surface area contributed by atoms with Gasteiger partial charge < -0.3 is 19.7 Å². The highest BCUT2D eigenvalue weighted by molar-refractivity contribution is 5.97. The number of benzene rings is 2. The first-order valence-electron chi connectivity index (χ1n) is 12.7. The highest BCUT2D eigenvalue weighted by atomic mass is 16.5. The molecular weight excluding hydrogens is 456 g/mol. The van der Waals surface area contributed by atoms with Crippen LogP contribution in [0, 0.1) is 18.3 Å². The number of carboxylic acid groups (broad SMARTS) is 1. The number of nitrogens with one attached hydrogen (secondary N) is 1. The maximum absolute atomic E-state index is 13.2. The second-order valence-corrected chi connectivity index (χ2v) is 10.3. The zero-order valence-electron chi connectivity index (χ0n) is 20.8. The summed E-state index contributed by atoms with van der Waals surface area (Å²) in [5.41, 5.74) is 2.18. The highest BCUT2D eigenvalue weighted by Crippen LogP contribution is 2.50. The Morgan fingerprint density at radius 3 is 2.58 bits per heavy atom. The first-order valence-corrected chi connectivity index (χ1v) is 12.7. The van der Waals surface area contributed by atoms with Crippen LogP contribution in [0.15, 0.2) is 53.5 Å². The SMILES string of the molecule is Cc1ccccc1-c1c[nH]c(=O)c2cc(O[C@H](C)C(=O)N3CCC[C@@H](C4(C(=O)O)CCC4)C3)ccc12. The predicted molar refractivity (Wildman–Crippen MR) is 138 cm³/mol. The van der Waals surface area contributed by atoms with E-state index in [0.717, 1.165) is 41.3 Å². The number of carboxylic acids is 1. The van der Waals surface area contributed by atoms with Crippen LogP contribution in [0.25, 0.3) is 21.9 Å². The van der Waals surface area contributed by atoms with Crippen molar-refractivity contribution < 1.29 is 19.4 Å². The van der Waals surface area contributed by atoms with Gasteiger partial charge in [-0.05, 0) is 80.2 Å². The molecule has 1 aromatic heterocycles. The Kier molecular flexibility index (Phi) is 6.33. The molecule has 7 nitrogen and oxygen atoms in total. The Balaban J connectivity index is 1.35. The average Bonchev–Trinajstić information content (AvgIpc) is 2.84.